The molecule has 14 heteroatoms. The second-order valence-electron chi connectivity index (χ2n) is 10.7. The van der Waals surface area contributed by atoms with Crippen LogP contribution in [0.3, 0.4) is 0 Å². The number of carboxylic acid groups (broad SMARTS) is 1. The van der Waals surface area contributed by atoms with Crippen molar-refractivity contribution in [3.8, 4) is 0 Å². The number of halogens is 8. The fourth-order valence-electron chi connectivity index (χ4n) is 6.37. The average molecular weight is 634 g/mol. The summed E-state index contributed by atoms with van der Waals surface area (Å²) in [5.74, 6) is -1.91. The standard InChI is InChI=1S/C29H23F8NO4S/c30-21-6-8-22(9-7-21)43(41,42)26-12-13-38(16-17-2-1-3-19(14-17)25(39)40)24(26)11-4-18-15-20(5-10-23(18)26)27(31,28(32,33)34)29(35,36)37/h1-3,5-10,14-15,24H,4,11-13,16H2,(H,39,40)/t24-,26-/m0/s1. The molecule has 1 aliphatic heterocycles. The van der Waals surface area contributed by atoms with Crippen LogP contribution in [0.1, 0.15) is 45.5 Å². The summed E-state index contributed by atoms with van der Waals surface area (Å²) in [4.78, 5) is 12.9. The van der Waals surface area contributed by atoms with Crippen molar-refractivity contribution in [2.45, 2.75) is 59.5 Å². The lowest BCUT2D eigenvalue weighted by molar-refractivity contribution is -0.348. The molecule has 0 bridgehead atoms. The Morgan fingerprint density at radius 2 is 1.58 bits per heavy atom. The first-order chi connectivity index (χ1) is 19.9. The number of aryl methyl sites for hydroxylation is 1. The lowest BCUT2D eigenvalue weighted by atomic mass is 9.76. The number of alkyl halides is 7. The summed E-state index contributed by atoms with van der Waals surface area (Å²) in [7, 11) is -4.48. The van der Waals surface area contributed by atoms with E-state index in [2.05, 4.69) is 0 Å². The van der Waals surface area contributed by atoms with Crippen LogP contribution in [0.5, 0.6) is 0 Å². The van der Waals surface area contributed by atoms with E-state index in [1.165, 1.54) is 18.2 Å². The molecule has 0 saturated carbocycles. The predicted molar refractivity (Wildman–Crippen MR) is 137 cm³/mol. The third-order valence-electron chi connectivity index (χ3n) is 8.34. The van der Waals surface area contributed by atoms with Crippen LogP contribution in [0.2, 0.25) is 0 Å². The molecule has 0 aromatic heterocycles. The van der Waals surface area contributed by atoms with Gasteiger partial charge in [-0.05, 0) is 72.4 Å². The monoisotopic (exact) mass is 633 g/mol. The SMILES string of the molecule is O=C(O)c1cccc(CN2CC[C@]3(S(=O)(=O)c4ccc(F)cc4)c4ccc(C(F)(C(F)(F)F)C(F)(F)F)cc4CC[C@H]23)c1. The van der Waals surface area contributed by atoms with E-state index in [-0.39, 0.29) is 53.9 Å². The van der Waals surface area contributed by atoms with Crippen molar-refractivity contribution in [2.75, 3.05) is 6.54 Å². The van der Waals surface area contributed by atoms with Crippen LogP contribution < -0.4 is 0 Å². The quantitative estimate of drug-likeness (QED) is 0.242. The van der Waals surface area contributed by atoms with Gasteiger partial charge in [0, 0.05) is 24.7 Å². The zero-order valence-electron chi connectivity index (χ0n) is 22.0. The summed E-state index contributed by atoms with van der Waals surface area (Å²) in [5.41, 5.74) is -7.11. The van der Waals surface area contributed by atoms with Crippen LogP contribution in [-0.4, -0.2) is 49.3 Å². The van der Waals surface area contributed by atoms with E-state index < -0.39 is 56.0 Å². The van der Waals surface area contributed by atoms with E-state index in [1.807, 2.05) is 0 Å². The van der Waals surface area contributed by atoms with Crippen molar-refractivity contribution < 1.29 is 53.4 Å². The minimum atomic E-state index is -6.34. The maximum atomic E-state index is 14.9. The van der Waals surface area contributed by atoms with Gasteiger partial charge in [0.1, 0.15) is 10.6 Å². The number of carbonyl (C=O) groups is 1. The fraction of sp³-hybridized carbons (Fsp3) is 0.345. The minimum Gasteiger partial charge on any atom is -0.478 e. The number of nitrogens with zero attached hydrogens (tertiary/aromatic N) is 1. The van der Waals surface area contributed by atoms with E-state index in [4.69, 9.17) is 0 Å². The average Bonchev–Trinajstić information content (AvgIpc) is 3.31. The Morgan fingerprint density at radius 1 is 0.930 bits per heavy atom. The zero-order valence-corrected chi connectivity index (χ0v) is 22.8. The van der Waals surface area contributed by atoms with Gasteiger partial charge in [0.05, 0.1) is 10.5 Å². The highest BCUT2D eigenvalue weighted by Gasteiger charge is 2.73. The van der Waals surface area contributed by atoms with Gasteiger partial charge >= 0.3 is 24.0 Å². The third-order valence-corrected chi connectivity index (χ3v) is 10.9. The smallest absolute Gasteiger partial charge is 0.435 e. The van der Waals surface area contributed by atoms with Crippen LogP contribution in [0.15, 0.2) is 71.6 Å². The lowest BCUT2D eigenvalue weighted by Crippen LogP contribution is -2.52. The Morgan fingerprint density at radius 3 is 2.19 bits per heavy atom. The first-order valence-corrected chi connectivity index (χ1v) is 14.4. The van der Waals surface area contributed by atoms with E-state index in [0.717, 1.165) is 30.3 Å². The third kappa shape index (κ3) is 4.78. The van der Waals surface area contributed by atoms with Crippen molar-refractivity contribution in [3.63, 3.8) is 0 Å². The van der Waals surface area contributed by atoms with Crippen LogP contribution in [-0.2, 0) is 33.2 Å². The molecule has 2 aliphatic rings. The molecule has 1 heterocycles. The molecule has 5 rings (SSSR count). The number of carboxylic acids is 1. The molecular formula is C29H23F8NO4S. The summed E-state index contributed by atoms with van der Waals surface area (Å²) >= 11 is 0. The maximum absolute atomic E-state index is 14.9. The normalized spacial score (nSPS) is 21.3. The van der Waals surface area contributed by atoms with Gasteiger partial charge in [-0.3, -0.25) is 4.90 Å². The van der Waals surface area contributed by atoms with E-state index in [9.17, 15) is 53.4 Å². The predicted octanol–water partition coefficient (Wildman–Crippen LogP) is 6.70. The molecule has 0 spiro atoms. The highest BCUT2D eigenvalue weighted by Crippen LogP contribution is 2.56. The number of fused-ring (bicyclic) bond motifs is 3. The van der Waals surface area contributed by atoms with Gasteiger partial charge in [-0.15, -0.1) is 0 Å². The molecular weight excluding hydrogens is 610 g/mol. The Labute approximate surface area is 240 Å². The van der Waals surface area contributed by atoms with Gasteiger partial charge in [-0.25, -0.2) is 22.0 Å². The van der Waals surface area contributed by atoms with Crippen LogP contribution in [0.4, 0.5) is 35.1 Å². The number of likely N-dealkylation sites (tertiary alicyclic amines) is 1. The van der Waals surface area contributed by atoms with Crippen molar-refractivity contribution in [2.24, 2.45) is 0 Å². The Hall–Kier alpha value is -3.52. The number of aromatic carboxylic acids is 1. The zero-order chi connectivity index (χ0) is 31.6. The Bertz CT molecular complexity index is 1660. The molecule has 230 valence electrons. The first kappa shape index (κ1) is 30.9. The second-order valence-corrected chi connectivity index (χ2v) is 12.9. The molecule has 5 nitrogen and oxygen atoms in total. The highest BCUT2D eigenvalue weighted by atomic mass is 32.2. The molecule has 0 radical (unpaired) electrons. The molecule has 1 fully saturated rings. The number of hydrogen-bond donors (Lipinski definition) is 1. The van der Waals surface area contributed by atoms with Crippen molar-refractivity contribution in [3.05, 3.63) is 100 Å². The van der Waals surface area contributed by atoms with E-state index >= 15 is 0 Å². The van der Waals surface area contributed by atoms with E-state index in [1.54, 1.807) is 11.0 Å². The van der Waals surface area contributed by atoms with Crippen LogP contribution in [0, 0.1) is 5.82 Å². The number of sulfone groups is 1. The summed E-state index contributed by atoms with van der Waals surface area (Å²) in [6, 6.07) is 10.5. The molecule has 0 unspecified atom stereocenters. The second kappa shape index (κ2) is 10.3. The molecule has 1 N–H and O–H groups in total. The molecule has 3 aromatic rings. The lowest BCUT2D eigenvalue weighted by Gasteiger charge is -2.43. The molecule has 3 aromatic carbocycles. The number of hydrogen-bond acceptors (Lipinski definition) is 4. The molecule has 0 amide bonds. The van der Waals surface area contributed by atoms with Gasteiger partial charge < -0.3 is 5.11 Å². The van der Waals surface area contributed by atoms with Gasteiger partial charge in [0.25, 0.3) is 0 Å². The molecule has 43 heavy (non-hydrogen) atoms. The fourth-order valence-corrected chi connectivity index (χ4v) is 8.76. The van der Waals surface area contributed by atoms with Crippen molar-refractivity contribution in [1.29, 1.82) is 0 Å². The molecule has 2 atom stereocenters. The highest BCUT2D eigenvalue weighted by molar-refractivity contribution is 7.92. The van der Waals surface area contributed by atoms with Gasteiger partial charge in [-0.1, -0.05) is 30.3 Å². The number of benzene rings is 3. The van der Waals surface area contributed by atoms with E-state index in [0.29, 0.717) is 17.7 Å². The van der Waals surface area contributed by atoms with Crippen molar-refractivity contribution in [1.82, 2.24) is 4.90 Å². The van der Waals surface area contributed by atoms with Gasteiger partial charge in [-0.2, -0.15) is 26.3 Å². The molecule has 1 saturated heterocycles. The largest absolute Gasteiger partial charge is 0.478 e. The van der Waals surface area contributed by atoms with Gasteiger partial charge in [0.15, 0.2) is 9.84 Å². The summed E-state index contributed by atoms with van der Waals surface area (Å²) in [5, 5.41) is 9.35. The Balaban J connectivity index is 1.66. The Kier molecular flexibility index (Phi) is 7.40. The van der Waals surface area contributed by atoms with Crippen molar-refractivity contribution >= 4 is 15.8 Å². The topological polar surface area (TPSA) is 74.7 Å². The summed E-state index contributed by atoms with van der Waals surface area (Å²) < 4.78 is 137. The summed E-state index contributed by atoms with van der Waals surface area (Å²) in [6.45, 7) is 0.206. The van der Waals surface area contributed by atoms with Gasteiger partial charge in [0.2, 0.25) is 0 Å². The van der Waals surface area contributed by atoms with Crippen LogP contribution in [0.25, 0.3) is 0 Å². The molecule has 1 aliphatic carbocycles. The summed E-state index contributed by atoms with van der Waals surface area (Å²) in [6.07, 6.45) is -13.0. The maximum Gasteiger partial charge on any atom is 0.435 e. The van der Waals surface area contributed by atoms with Crippen LogP contribution >= 0.6 is 0 Å². The minimum absolute atomic E-state index is 0.00699. The number of rotatable bonds is 6. The first-order valence-electron chi connectivity index (χ1n) is 13.0.